The van der Waals surface area contributed by atoms with E-state index in [0.29, 0.717) is 0 Å². The van der Waals surface area contributed by atoms with Crippen LogP contribution in [0.1, 0.15) is 26.3 Å². The molecular weight excluding hydrogens is 633 g/mol. The van der Waals surface area contributed by atoms with Crippen LogP contribution in [-0.4, -0.2) is 9.97 Å². The number of benzene rings is 6. The van der Waals surface area contributed by atoms with Crippen LogP contribution in [0.5, 0.6) is 0 Å². The highest BCUT2D eigenvalue weighted by atomic mass is 16.3. The number of rotatable bonds is 6. The topological polar surface area (TPSA) is 38.9 Å². The Morgan fingerprint density at radius 2 is 1.17 bits per heavy atom. The Morgan fingerprint density at radius 1 is 0.462 bits per heavy atom. The number of hydrogen-bond donors (Lipinski definition) is 0. The van der Waals surface area contributed by atoms with Gasteiger partial charge in [0, 0.05) is 34.3 Å². The molecule has 52 heavy (non-hydrogen) atoms. The van der Waals surface area contributed by atoms with Crippen molar-refractivity contribution in [2.24, 2.45) is 5.41 Å². The minimum Gasteiger partial charge on any atom is -0.455 e. The third kappa shape index (κ3) is 5.95. The van der Waals surface area contributed by atoms with Gasteiger partial charge in [-0.25, -0.2) is 0 Å². The molecule has 3 heterocycles. The number of fused-ring (bicyclic) bond motifs is 5. The fourth-order valence-electron chi connectivity index (χ4n) is 7.54. The minimum absolute atomic E-state index is 0.237. The van der Waals surface area contributed by atoms with Gasteiger partial charge in [-0.05, 0) is 116 Å². The molecule has 0 N–H and O–H groups in total. The predicted molar refractivity (Wildman–Crippen MR) is 217 cm³/mol. The highest BCUT2D eigenvalue weighted by Gasteiger charge is 2.20. The molecule has 3 aromatic heterocycles. The summed E-state index contributed by atoms with van der Waals surface area (Å²) in [6.07, 6.45) is 4.81. The first kappa shape index (κ1) is 31.6. The van der Waals surface area contributed by atoms with Crippen molar-refractivity contribution >= 4 is 32.7 Å². The first-order valence-corrected chi connectivity index (χ1v) is 17.9. The van der Waals surface area contributed by atoms with Gasteiger partial charge < -0.3 is 4.42 Å². The molecule has 0 aliphatic carbocycles. The van der Waals surface area contributed by atoms with E-state index >= 15 is 0 Å². The van der Waals surface area contributed by atoms with Crippen LogP contribution < -0.4 is 0 Å². The Kier molecular flexibility index (Phi) is 7.78. The highest BCUT2D eigenvalue weighted by Crippen LogP contribution is 2.44. The lowest BCUT2D eigenvalue weighted by Crippen LogP contribution is -2.08. The maximum Gasteiger partial charge on any atom is 0.145 e. The van der Waals surface area contributed by atoms with Gasteiger partial charge in [-0.3, -0.25) is 9.97 Å². The second-order valence-corrected chi connectivity index (χ2v) is 14.9. The second kappa shape index (κ2) is 12.8. The largest absolute Gasteiger partial charge is 0.455 e. The lowest BCUT2D eigenvalue weighted by atomic mass is 9.87. The van der Waals surface area contributed by atoms with E-state index in [9.17, 15) is 0 Å². The summed E-state index contributed by atoms with van der Waals surface area (Å²) < 4.78 is 6.71. The van der Waals surface area contributed by atoms with Crippen molar-refractivity contribution in [3.05, 3.63) is 170 Å². The van der Waals surface area contributed by atoms with Gasteiger partial charge in [0.25, 0.3) is 0 Å². The molecule has 0 amide bonds. The monoisotopic (exact) mass is 670 g/mol. The maximum absolute atomic E-state index is 6.71. The molecule has 0 aliphatic rings. The molecule has 0 fully saturated rings. The smallest absolute Gasteiger partial charge is 0.145 e. The number of pyridine rings is 2. The van der Waals surface area contributed by atoms with E-state index in [0.717, 1.165) is 89.5 Å². The van der Waals surface area contributed by atoms with E-state index in [2.05, 4.69) is 154 Å². The zero-order valence-electron chi connectivity index (χ0n) is 29.6. The lowest BCUT2D eigenvalue weighted by Gasteiger charge is -2.18. The van der Waals surface area contributed by atoms with Gasteiger partial charge in [-0.2, -0.15) is 0 Å². The van der Waals surface area contributed by atoms with Crippen LogP contribution in [0, 0.1) is 5.41 Å². The van der Waals surface area contributed by atoms with Crippen molar-refractivity contribution in [2.45, 2.75) is 27.2 Å². The fourth-order valence-corrected chi connectivity index (χ4v) is 7.54. The lowest BCUT2D eigenvalue weighted by molar-refractivity contribution is 0.411. The first-order valence-electron chi connectivity index (χ1n) is 17.9. The quantitative estimate of drug-likeness (QED) is 0.177. The Hall–Kier alpha value is -6.32. The van der Waals surface area contributed by atoms with E-state index in [4.69, 9.17) is 14.4 Å². The van der Waals surface area contributed by atoms with E-state index < -0.39 is 0 Å². The van der Waals surface area contributed by atoms with Gasteiger partial charge in [0.2, 0.25) is 0 Å². The number of furan rings is 1. The van der Waals surface area contributed by atoms with Crippen molar-refractivity contribution < 1.29 is 4.42 Å². The summed E-state index contributed by atoms with van der Waals surface area (Å²) in [6.45, 7) is 6.84. The van der Waals surface area contributed by atoms with Crippen molar-refractivity contribution in [1.82, 2.24) is 9.97 Å². The zero-order valence-corrected chi connectivity index (χ0v) is 29.6. The molecule has 0 aliphatic heterocycles. The standard InChI is InChI=1S/C49H38N2O/c1-49(2,3)31-32-19-21-34(22-20-32)35-23-25-51-45(29-35)43-30-42-39(15-11-16-40(42)47-41-14-7-8-18-46(41)52-48(43)47)37-26-36(33-12-5-4-6-13-33)27-38(28-37)44-17-9-10-24-50-44/h4-30H,31H2,1-3H3. The summed E-state index contributed by atoms with van der Waals surface area (Å²) in [4.78, 5) is 9.71. The Morgan fingerprint density at radius 3 is 1.98 bits per heavy atom. The molecule has 250 valence electrons. The third-order valence-corrected chi connectivity index (χ3v) is 9.87. The predicted octanol–water partition coefficient (Wildman–Crippen LogP) is 13.5. The molecule has 3 heteroatoms. The Balaban J connectivity index is 1.27. The van der Waals surface area contributed by atoms with Crippen LogP contribution in [-0.2, 0) is 6.42 Å². The van der Waals surface area contributed by atoms with E-state index in [1.54, 1.807) is 0 Å². The van der Waals surface area contributed by atoms with E-state index in [1.165, 1.54) is 11.1 Å². The van der Waals surface area contributed by atoms with Crippen molar-refractivity contribution in [2.75, 3.05) is 0 Å². The third-order valence-electron chi connectivity index (χ3n) is 9.87. The zero-order chi connectivity index (χ0) is 35.2. The minimum atomic E-state index is 0.237. The maximum atomic E-state index is 6.71. The van der Waals surface area contributed by atoms with Gasteiger partial charge in [0.05, 0.1) is 11.4 Å². The fraction of sp³-hybridized carbons (Fsp3) is 0.102. The molecule has 0 spiro atoms. The molecule has 9 aromatic rings. The summed E-state index contributed by atoms with van der Waals surface area (Å²) in [5, 5.41) is 4.50. The van der Waals surface area contributed by atoms with Crippen LogP contribution in [0.25, 0.3) is 88.6 Å². The average molecular weight is 671 g/mol. The van der Waals surface area contributed by atoms with Crippen molar-refractivity contribution in [3.8, 4) is 55.9 Å². The average Bonchev–Trinajstić information content (AvgIpc) is 3.58. The molecule has 9 rings (SSSR count). The second-order valence-electron chi connectivity index (χ2n) is 14.9. The van der Waals surface area contributed by atoms with Gasteiger partial charge >= 0.3 is 0 Å². The summed E-state index contributed by atoms with van der Waals surface area (Å²) in [6, 6.07) is 54.0. The van der Waals surface area contributed by atoms with Gasteiger partial charge in [-0.15, -0.1) is 0 Å². The number of hydrogen-bond acceptors (Lipinski definition) is 3. The summed E-state index contributed by atoms with van der Waals surface area (Å²) >= 11 is 0. The Labute approximate surface area is 304 Å². The molecule has 0 unspecified atom stereocenters. The molecule has 0 saturated carbocycles. The van der Waals surface area contributed by atoms with Crippen LogP contribution >= 0.6 is 0 Å². The number of para-hydroxylation sites is 1. The van der Waals surface area contributed by atoms with Crippen LogP contribution in [0.4, 0.5) is 0 Å². The van der Waals surface area contributed by atoms with E-state index in [1.807, 2.05) is 30.6 Å². The summed E-state index contributed by atoms with van der Waals surface area (Å²) in [5.41, 5.74) is 14.1. The van der Waals surface area contributed by atoms with Crippen LogP contribution in [0.2, 0.25) is 0 Å². The highest BCUT2D eigenvalue weighted by molar-refractivity contribution is 6.24. The molecule has 6 aromatic carbocycles. The number of aromatic nitrogens is 2. The molecular formula is C49H38N2O. The molecule has 0 atom stereocenters. The van der Waals surface area contributed by atoms with Gasteiger partial charge in [0.1, 0.15) is 11.2 Å². The van der Waals surface area contributed by atoms with E-state index in [-0.39, 0.29) is 5.41 Å². The molecule has 0 saturated heterocycles. The normalized spacial score (nSPS) is 11.8. The number of nitrogens with zero attached hydrogens (tertiary/aromatic N) is 2. The molecule has 0 bridgehead atoms. The van der Waals surface area contributed by atoms with Gasteiger partial charge in [-0.1, -0.05) is 118 Å². The summed E-state index contributed by atoms with van der Waals surface area (Å²) in [5.74, 6) is 0. The first-order chi connectivity index (χ1) is 25.4. The van der Waals surface area contributed by atoms with Crippen LogP contribution in [0.3, 0.4) is 0 Å². The SMILES string of the molecule is CC(C)(C)Cc1ccc(-c2ccnc(-c3cc4c(-c5cc(-c6ccccc6)cc(-c6ccccn6)c5)cccc4c4c3oc3ccccc34)c2)cc1. The van der Waals surface area contributed by atoms with Gasteiger partial charge in [0.15, 0.2) is 0 Å². The molecule has 0 radical (unpaired) electrons. The Bertz CT molecular complexity index is 2660. The molecule has 3 nitrogen and oxygen atoms in total. The van der Waals surface area contributed by atoms with Crippen molar-refractivity contribution in [1.29, 1.82) is 0 Å². The van der Waals surface area contributed by atoms with Crippen LogP contribution in [0.15, 0.2) is 168 Å². The van der Waals surface area contributed by atoms with Crippen molar-refractivity contribution in [3.63, 3.8) is 0 Å². The summed E-state index contributed by atoms with van der Waals surface area (Å²) in [7, 11) is 0.